The molecule has 8 nitrogen and oxygen atoms in total. The summed E-state index contributed by atoms with van der Waals surface area (Å²) in [6, 6.07) is 8.40. The molecule has 5 aliphatic rings. The summed E-state index contributed by atoms with van der Waals surface area (Å²) in [6.45, 7) is 24.9. The molecule has 0 unspecified atom stereocenters. The maximum absolute atomic E-state index is 17.7. The van der Waals surface area contributed by atoms with Crippen molar-refractivity contribution in [2.45, 2.75) is 108 Å². The highest BCUT2D eigenvalue weighted by molar-refractivity contribution is 6.90. The van der Waals surface area contributed by atoms with Crippen molar-refractivity contribution in [1.29, 1.82) is 0 Å². The standard InChI is InChI=1S/C46H53F2N5O3Si/c1-25(2)57(26(3)4,27(5)6)14-13-33-35(47)11-9-30-15-32(54)16-34(40(30)33)43-42(48)44-41-37(53-22-31-10-12-36(49-31)38(53)23-55-45(41)51-43)17-39(50-44)56-24-46-18-28(7)20-52(46)21-29(8)19-46/h9,11,15-17,25-27,31,36,38,49,54H,7-8,10,12,18-24H2,1-6H3/t31-,36+,38-/m1/s1. The van der Waals surface area contributed by atoms with Crippen molar-refractivity contribution < 1.29 is 23.4 Å². The fourth-order valence-corrected chi connectivity index (χ4v) is 16.5. The number of aromatic nitrogens is 2. The number of phenolic OH excluding ortho intramolecular Hbond substituents is 1. The van der Waals surface area contributed by atoms with E-state index in [-0.39, 0.29) is 51.6 Å². The third kappa shape index (κ3) is 6.04. The van der Waals surface area contributed by atoms with Gasteiger partial charge < -0.3 is 24.8 Å². The Morgan fingerprint density at radius 3 is 2.42 bits per heavy atom. The van der Waals surface area contributed by atoms with Crippen LogP contribution >= 0.6 is 0 Å². The van der Waals surface area contributed by atoms with Gasteiger partial charge in [0.15, 0.2) is 5.82 Å². The van der Waals surface area contributed by atoms with Crippen LogP contribution < -0.4 is 19.7 Å². The Balaban J connectivity index is 1.25. The number of anilines is 1. The minimum atomic E-state index is -2.29. The van der Waals surface area contributed by atoms with E-state index in [0.717, 1.165) is 62.2 Å². The van der Waals surface area contributed by atoms with Crippen LogP contribution in [0.4, 0.5) is 14.5 Å². The first-order chi connectivity index (χ1) is 27.2. The second kappa shape index (κ2) is 13.8. The molecule has 2 bridgehead atoms. The minimum Gasteiger partial charge on any atom is -0.508 e. The van der Waals surface area contributed by atoms with E-state index >= 15 is 8.78 Å². The number of pyridine rings is 2. The predicted octanol–water partition coefficient (Wildman–Crippen LogP) is 9.04. The van der Waals surface area contributed by atoms with Crippen LogP contribution in [0.1, 0.15) is 72.8 Å². The Labute approximate surface area is 335 Å². The molecule has 0 saturated carbocycles. The Morgan fingerprint density at radius 2 is 1.72 bits per heavy atom. The average Bonchev–Trinajstić information content (AvgIpc) is 3.74. The van der Waals surface area contributed by atoms with E-state index in [1.165, 1.54) is 12.1 Å². The van der Waals surface area contributed by atoms with Gasteiger partial charge in [0.2, 0.25) is 11.8 Å². The van der Waals surface area contributed by atoms with Gasteiger partial charge in [0, 0.05) is 48.7 Å². The van der Waals surface area contributed by atoms with Crippen LogP contribution in [-0.4, -0.2) is 84.6 Å². The molecule has 5 aliphatic heterocycles. The van der Waals surface area contributed by atoms with Crippen LogP contribution in [0.3, 0.4) is 0 Å². The van der Waals surface area contributed by atoms with Crippen LogP contribution in [0.15, 0.2) is 54.6 Å². The number of hydrogen-bond acceptors (Lipinski definition) is 8. The van der Waals surface area contributed by atoms with Crippen LogP contribution in [0.25, 0.3) is 32.9 Å². The van der Waals surface area contributed by atoms with Crippen molar-refractivity contribution >= 4 is 35.4 Å². The molecule has 3 atom stereocenters. The number of rotatable bonds is 7. The normalized spacial score (nSPS) is 22.6. The van der Waals surface area contributed by atoms with E-state index in [0.29, 0.717) is 57.9 Å². The van der Waals surface area contributed by atoms with E-state index < -0.39 is 19.7 Å². The number of benzene rings is 2. The Bertz CT molecular complexity index is 2380. The molecule has 57 heavy (non-hydrogen) atoms. The molecular formula is C46H53F2N5O3Si. The Hall–Kier alpha value is -4.50. The van der Waals surface area contributed by atoms with Gasteiger partial charge in [-0.05, 0) is 65.9 Å². The summed E-state index contributed by atoms with van der Waals surface area (Å²) in [6.07, 6.45) is 3.68. The molecule has 0 radical (unpaired) electrons. The average molecular weight is 790 g/mol. The van der Waals surface area contributed by atoms with Gasteiger partial charge in [0.05, 0.1) is 28.2 Å². The summed E-state index contributed by atoms with van der Waals surface area (Å²) in [5.41, 5.74) is 7.83. The van der Waals surface area contributed by atoms with Crippen LogP contribution in [0.5, 0.6) is 17.5 Å². The molecule has 0 amide bonds. The Morgan fingerprint density at radius 1 is 1.00 bits per heavy atom. The Kier molecular flexibility index (Phi) is 9.22. The fourth-order valence-electron chi connectivity index (χ4n) is 11.3. The van der Waals surface area contributed by atoms with Gasteiger partial charge in [0.1, 0.15) is 44.1 Å². The maximum atomic E-state index is 17.7. The summed E-state index contributed by atoms with van der Waals surface area (Å²) in [7, 11) is -2.29. The topological polar surface area (TPSA) is 83.0 Å². The third-order valence-electron chi connectivity index (χ3n) is 13.8. The van der Waals surface area contributed by atoms with Crippen molar-refractivity contribution in [3.05, 3.63) is 71.8 Å². The number of hydrogen-bond donors (Lipinski definition) is 2. The van der Waals surface area contributed by atoms with E-state index in [4.69, 9.17) is 19.4 Å². The molecule has 4 aromatic rings. The fraction of sp³-hybridized carbons (Fsp3) is 0.478. The van der Waals surface area contributed by atoms with Gasteiger partial charge in [-0.25, -0.2) is 18.7 Å². The van der Waals surface area contributed by atoms with Gasteiger partial charge in [0.25, 0.3) is 0 Å². The molecule has 0 aliphatic carbocycles. The third-order valence-corrected chi connectivity index (χ3v) is 20.1. The second-order valence-corrected chi connectivity index (χ2v) is 23.8. The largest absolute Gasteiger partial charge is 0.508 e. The van der Waals surface area contributed by atoms with Crippen molar-refractivity contribution in [3.63, 3.8) is 0 Å². The number of nitrogens with one attached hydrogen (secondary N) is 1. The zero-order valence-electron chi connectivity index (χ0n) is 33.9. The maximum Gasteiger partial charge on any atom is 0.225 e. The molecule has 4 fully saturated rings. The lowest BCUT2D eigenvalue weighted by atomic mass is 9.92. The zero-order valence-corrected chi connectivity index (χ0v) is 34.9. The van der Waals surface area contributed by atoms with Gasteiger partial charge in [-0.1, -0.05) is 77.8 Å². The molecule has 4 saturated heterocycles. The van der Waals surface area contributed by atoms with E-state index in [9.17, 15) is 5.11 Å². The summed E-state index contributed by atoms with van der Waals surface area (Å²) < 4.78 is 47.1. The van der Waals surface area contributed by atoms with Gasteiger partial charge >= 0.3 is 0 Å². The molecule has 0 spiro atoms. The van der Waals surface area contributed by atoms with Crippen LogP contribution in [-0.2, 0) is 0 Å². The van der Waals surface area contributed by atoms with Crippen LogP contribution in [0.2, 0.25) is 16.6 Å². The predicted molar refractivity (Wildman–Crippen MR) is 226 cm³/mol. The summed E-state index contributed by atoms with van der Waals surface area (Å²) in [5.74, 6) is 2.57. The number of nitrogens with zero attached hydrogens (tertiary/aromatic N) is 4. The van der Waals surface area contributed by atoms with E-state index in [1.54, 1.807) is 12.1 Å². The van der Waals surface area contributed by atoms with Crippen LogP contribution in [0, 0.1) is 23.1 Å². The van der Waals surface area contributed by atoms with Crippen molar-refractivity contribution in [3.8, 4) is 40.2 Å². The highest BCUT2D eigenvalue weighted by Gasteiger charge is 2.49. The number of aromatic hydroxyl groups is 1. The zero-order chi connectivity index (χ0) is 40.1. The first kappa shape index (κ1) is 38.0. The number of phenols is 1. The molecular weight excluding hydrogens is 737 g/mol. The summed E-state index contributed by atoms with van der Waals surface area (Å²) >= 11 is 0. The molecule has 9 rings (SSSR count). The van der Waals surface area contributed by atoms with Gasteiger partial charge in [-0.3, -0.25) is 4.90 Å². The number of halogens is 2. The summed E-state index contributed by atoms with van der Waals surface area (Å²) in [5, 5.41) is 16.3. The lowest BCUT2D eigenvalue weighted by Crippen LogP contribution is -2.59. The second-order valence-electron chi connectivity index (χ2n) is 18.2. The minimum absolute atomic E-state index is 0.0156. The van der Waals surface area contributed by atoms with Crippen molar-refractivity contribution in [1.82, 2.24) is 20.2 Å². The molecule has 7 heterocycles. The lowest BCUT2D eigenvalue weighted by Gasteiger charge is -2.41. The smallest absolute Gasteiger partial charge is 0.225 e. The first-order valence-electron chi connectivity index (χ1n) is 20.6. The number of piperazine rings is 1. The number of fused-ring (bicyclic) bond motifs is 7. The van der Waals surface area contributed by atoms with Crippen molar-refractivity contribution in [2.75, 3.05) is 37.7 Å². The molecule has 2 aromatic heterocycles. The molecule has 2 aromatic carbocycles. The SMILES string of the molecule is C=C1CN2CC(=C)CC2(COc2cc3c4c(nc(-c5cc(O)cc6ccc(F)c(C#C[Si](C(C)C)(C(C)C)C(C)C)c56)c(F)c4n2)OC[C@@H]2[C@@H]4CC[C@H](CN32)N4)C1. The quantitative estimate of drug-likeness (QED) is 0.109. The van der Waals surface area contributed by atoms with Crippen molar-refractivity contribution in [2.24, 2.45) is 0 Å². The highest BCUT2D eigenvalue weighted by atomic mass is 28.3. The lowest BCUT2D eigenvalue weighted by molar-refractivity contribution is 0.111. The molecule has 11 heteroatoms. The highest BCUT2D eigenvalue weighted by Crippen LogP contribution is 2.48. The van der Waals surface area contributed by atoms with E-state index in [1.807, 2.05) is 6.07 Å². The molecule has 2 N–H and O–H groups in total. The monoisotopic (exact) mass is 789 g/mol. The van der Waals surface area contributed by atoms with Gasteiger partial charge in [-0.15, -0.1) is 5.54 Å². The summed E-state index contributed by atoms with van der Waals surface area (Å²) in [4.78, 5) is 14.5. The molecule has 298 valence electrons. The first-order valence-corrected chi connectivity index (χ1v) is 22.8. The number of ether oxygens (including phenoxy) is 2. The van der Waals surface area contributed by atoms with Gasteiger partial charge in [-0.2, -0.15) is 0 Å². The van der Waals surface area contributed by atoms with E-state index in [2.05, 4.69) is 81.3 Å².